The lowest BCUT2D eigenvalue weighted by atomic mass is 10.1. The molecule has 0 unspecified atom stereocenters. The molecule has 0 aliphatic rings. The smallest absolute Gasteiger partial charge is 0.150 e. The zero-order chi connectivity index (χ0) is 15.4. The molecule has 2 aromatic rings. The van der Waals surface area contributed by atoms with Crippen LogP contribution in [0.1, 0.15) is 18.1 Å². The molecule has 0 amide bonds. The van der Waals surface area contributed by atoms with E-state index in [0.29, 0.717) is 25.1 Å². The monoisotopic (exact) mass is 290 g/mol. The molecule has 0 spiro atoms. The van der Waals surface area contributed by atoms with E-state index >= 15 is 0 Å². The van der Waals surface area contributed by atoms with E-state index in [1.807, 2.05) is 38.1 Å². The van der Waals surface area contributed by atoms with Gasteiger partial charge in [0.2, 0.25) is 0 Å². The van der Waals surface area contributed by atoms with Crippen LogP contribution in [0.3, 0.4) is 0 Å². The van der Waals surface area contributed by atoms with Crippen LogP contribution >= 0.6 is 0 Å². The van der Waals surface area contributed by atoms with Gasteiger partial charge in [-0.1, -0.05) is 18.2 Å². The number of nitrogens with two attached hydrogens (primary N) is 1. The quantitative estimate of drug-likeness (QED) is 0.904. The third kappa shape index (κ3) is 3.22. The standard InChI is InChI=1S/C17H20F2N2/c1-3-21(16-7-5-4-6-12(16)2)17-14(18)10-13(8-9-20)11-15(17)19/h4-7,10-11H,3,8-9,20H2,1-2H3. The van der Waals surface area contributed by atoms with Gasteiger partial charge in [-0.25, -0.2) is 8.78 Å². The normalized spacial score (nSPS) is 10.7. The largest absolute Gasteiger partial charge is 0.337 e. The minimum atomic E-state index is -0.552. The van der Waals surface area contributed by atoms with E-state index in [0.717, 1.165) is 11.3 Å². The molecule has 0 saturated heterocycles. The lowest BCUT2D eigenvalue weighted by Crippen LogP contribution is -2.20. The summed E-state index contributed by atoms with van der Waals surface area (Å²) < 4.78 is 28.7. The summed E-state index contributed by atoms with van der Waals surface area (Å²) in [6.45, 7) is 4.65. The molecular formula is C17H20F2N2. The van der Waals surface area contributed by atoms with Gasteiger partial charge in [0, 0.05) is 12.2 Å². The fourth-order valence-corrected chi connectivity index (χ4v) is 2.50. The van der Waals surface area contributed by atoms with Crippen molar-refractivity contribution < 1.29 is 8.78 Å². The van der Waals surface area contributed by atoms with Crippen LogP contribution in [0, 0.1) is 18.6 Å². The third-order valence-electron chi connectivity index (χ3n) is 3.50. The number of para-hydroxylation sites is 1. The fourth-order valence-electron chi connectivity index (χ4n) is 2.50. The Kier molecular flexibility index (Phi) is 4.91. The number of benzene rings is 2. The molecule has 0 bridgehead atoms. The van der Waals surface area contributed by atoms with Crippen LogP contribution < -0.4 is 10.6 Å². The molecule has 0 heterocycles. The SMILES string of the molecule is CCN(c1ccccc1C)c1c(F)cc(CCN)cc1F. The van der Waals surface area contributed by atoms with Gasteiger partial charge in [-0.05, 0) is 56.1 Å². The van der Waals surface area contributed by atoms with Crippen molar-refractivity contribution in [1.82, 2.24) is 0 Å². The van der Waals surface area contributed by atoms with E-state index < -0.39 is 11.6 Å². The number of aryl methyl sites for hydroxylation is 1. The second-order valence-electron chi connectivity index (χ2n) is 4.98. The molecule has 2 rings (SSSR count). The van der Waals surface area contributed by atoms with Crippen LogP contribution in [0.25, 0.3) is 0 Å². The Labute approximate surface area is 124 Å². The summed E-state index contributed by atoms with van der Waals surface area (Å²) >= 11 is 0. The second-order valence-corrected chi connectivity index (χ2v) is 4.98. The Morgan fingerprint density at radius 1 is 1.10 bits per heavy atom. The zero-order valence-electron chi connectivity index (χ0n) is 12.4. The highest BCUT2D eigenvalue weighted by Crippen LogP contribution is 2.33. The topological polar surface area (TPSA) is 29.3 Å². The molecule has 0 saturated carbocycles. The number of rotatable bonds is 5. The molecule has 0 aliphatic carbocycles. The summed E-state index contributed by atoms with van der Waals surface area (Å²) in [6.07, 6.45) is 0.463. The van der Waals surface area contributed by atoms with Crippen molar-refractivity contribution in [2.45, 2.75) is 20.3 Å². The molecular weight excluding hydrogens is 270 g/mol. The van der Waals surface area contributed by atoms with Gasteiger partial charge in [0.05, 0.1) is 0 Å². The van der Waals surface area contributed by atoms with Crippen molar-refractivity contribution in [3.8, 4) is 0 Å². The van der Waals surface area contributed by atoms with Gasteiger partial charge in [-0.15, -0.1) is 0 Å². The summed E-state index contributed by atoms with van der Waals surface area (Å²) in [7, 11) is 0. The van der Waals surface area contributed by atoms with Gasteiger partial charge in [0.25, 0.3) is 0 Å². The van der Waals surface area contributed by atoms with Crippen LogP contribution in [0.4, 0.5) is 20.2 Å². The first-order chi connectivity index (χ1) is 10.1. The number of nitrogens with zero attached hydrogens (tertiary/aromatic N) is 1. The van der Waals surface area contributed by atoms with Crippen molar-refractivity contribution in [2.75, 3.05) is 18.0 Å². The van der Waals surface area contributed by atoms with Gasteiger partial charge in [0.1, 0.15) is 17.3 Å². The maximum atomic E-state index is 14.4. The zero-order valence-corrected chi connectivity index (χ0v) is 12.4. The summed E-state index contributed by atoms with van der Waals surface area (Å²) in [4.78, 5) is 1.66. The summed E-state index contributed by atoms with van der Waals surface area (Å²) in [5.41, 5.74) is 7.80. The fraction of sp³-hybridized carbons (Fsp3) is 0.294. The highest BCUT2D eigenvalue weighted by Gasteiger charge is 2.19. The molecule has 2 nitrogen and oxygen atoms in total. The average Bonchev–Trinajstić information content (AvgIpc) is 2.44. The maximum absolute atomic E-state index is 14.4. The predicted octanol–water partition coefficient (Wildman–Crippen LogP) is 3.93. The molecule has 0 atom stereocenters. The van der Waals surface area contributed by atoms with E-state index in [2.05, 4.69) is 0 Å². The summed E-state index contributed by atoms with van der Waals surface area (Å²) in [6, 6.07) is 10.3. The lowest BCUT2D eigenvalue weighted by Gasteiger charge is -2.26. The Morgan fingerprint density at radius 3 is 2.24 bits per heavy atom. The van der Waals surface area contributed by atoms with E-state index in [1.54, 1.807) is 4.90 Å². The summed E-state index contributed by atoms with van der Waals surface area (Å²) in [5.74, 6) is -1.10. The van der Waals surface area contributed by atoms with Crippen molar-refractivity contribution in [3.63, 3.8) is 0 Å². The Hall–Kier alpha value is -1.94. The predicted molar refractivity (Wildman–Crippen MR) is 83.0 cm³/mol. The summed E-state index contributed by atoms with van der Waals surface area (Å²) in [5, 5.41) is 0. The number of hydrogen-bond donors (Lipinski definition) is 1. The second kappa shape index (κ2) is 6.68. The minimum absolute atomic E-state index is 0.00688. The van der Waals surface area contributed by atoms with Gasteiger partial charge >= 0.3 is 0 Å². The molecule has 4 heteroatoms. The van der Waals surface area contributed by atoms with Crippen molar-refractivity contribution in [2.24, 2.45) is 5.73 Å². The molecule has 2 N–H and O–H groups in total. The maximum Gasteiger partial charge on any atom is 0.150 e. The van der Waals surface area contributed by atoms with Gasteiger partial charge < -0.3 is 10.6 Å². The van der Waals surface area contributed by atoms with Crippen LogP contribution in [0.2, 0.25) is 0 Å². The van der Waals surface area contributed by atoms with Crippen LogP contribution in [-0.4, -0.2) is 13.1 Å². The van der Waals surface area contributed by atoms with Gasteiger partial charge in [-0.2, -0.15) is 0 Å². The Balaban J connectivity index is 2.51. The third-order valence-corrected chi connectivity index (χ3v) is 3.50. The molecule has 0 fully saturated rings. The highest BCUT2D eigenvalue weighted by atomic mass is 19.1. The van der Waals surface area contributed by atoms with Crippen LogP contribution in [-0.2, 0) is 6.42 Å². The molecule has 0 radical (unpaired) electrons. The lowest BCUT2D eigenvalue weighted by molar-refractivity contribution is 0.577. The van der Waals surface area contributed by atoms with E-state index in [1.165, 1.54) is 12.1 Å². The Morgan fingerprint density at radius 2 is 1.71 bits per heavy atom. The number of hydrogen-bond acceptors (Lipinski definition) is 2. The average molecular weight is 290 g/mol. The van der Waals surface area contributed by atoms with E-state index in [4.69, 9.17) is 5.73 Å². The Bertz CT molecular complexity index is 603. The first-order valence-corrected chi connectivity index (χ1v) is 7.09. The van der Waals surface area contributed by atoms with E-state index in [-0.39, 0.29) is 5.69 Å². The van der Waals surface area contributed by atoms with E-state index in [9.17, 15) is 8.78 Å². The van der Waals surface area contributed by atoms with Gasteiger partial charge in [0.15, 0.2) is 0 Å². The molecule has 112 valence electrons. The molecule has 0 aliphatic heterocycles. The molecule has 0 aromatic heterocycles. The van der Waals surface area contributed by atoms with Crippen molar-refractivity contribution in [1.29, 1.82) is 0 Å². The van der Waals surface area contributed by atoms with Crippen LogP contribution in [0.5, 0.6) is 0 Å². The number of halogens is 2. The van der Waals surface area contributed by atoms with Crippen molar-refractivity contribution in [3.05, 3.63) is 59.2 Å². The van der Waals surface area contributed by atoms with Gasteiger partial charge in [-0.3, -0.25) is 0 Å². The molecule has 2 aromatic carbocycles. The van der Waals surface area contributed by atoms with Crippen LogP contribution in [0.15, 0.2) is 36.4 Å². The molecule has 21 heavy (non-hydrogen) atoms. The van der Waals surface area contributed by atoms with Crippen molar-refractivity contribution >= 4 is 11.4 Å². The number of anilines is 2. The minimum Gasteiger partial charge on any atom is -0.337 e. The first kappa shape index (κ1) is 15.4. The highest BCUT2D eigenvalue weighted by molar-refractivity contribution is 5.67. The first-order valence-electron chi connectivity index (χ1n) is 7.09.